The molecule has 1 heterocycles. The second kappa shape index (κ2) is 4.84. The van der Waals surface area contributed by atoms with E-state index >= 15 is 0 Å². The first kappa shape index (κ1) is 10.7. The molecule has 2 nitrogen and oxygen atoms in total. The summed E-state index contributed by atoms with van der Waals surface area (Å²) in [6.07, 6.45) is 8.56. The molecule has 2 unspecified atom stereocenters. The van der Waals surface area contributed by atoms with E-state index in [-0.39, 0.29) is 5.38 Å². The van der Waals surface area contributed by atoms with E-state index in [0.29, 0.717) is 6.04 Å². The lowest BCUT2D eigenvalue weighted by atomic mass is 9.94. The fourth-order valence-corrected chi connectivity index (χ4v) is 2.43. The average molecular weight is 225 g/mol. The van der Waals surface area contributed by atoms with E-state index in [4.69, 9.17) is 11.6 Å². The monoisotopic (exact) mass is 224 g/mol. The smallest absolute Gasteiger partial charge is 0.0537 e. The summed E-state index contributed by atoms with van der Waals surface area (Å²) < 4.78 is 0. The number of nitrogens with zero attached hydrogens (tertiary/aromatic N) is 1. The van der Waals surface area contributed by atoms with Crippen LogP contribution in [0, 0.1) is 6.92 Å². The first-order valence-corrected chi connectivity index (χ1v) is 6.02. The van der Waals surface area contributed by atoms with Crippen molar-refractivity contribution >= 4 is 17.3 Å². The topological polar surface area (TPSA) is 24.9 Å². The normalized spacial score (nSPS) is 26.3. The minimum absolute atomic E-state index is 0.270. The lowest BCUT2D eigenvalue weighted by Gasteiger charge is -2.29. The molecule has 0 saturated heterocycles. The van der Waals surface area contributed by atoms with Gasteiger partial charge in [0.1, 0.15) is 0 Å². The van der Waals surface area contributed by atoms with Gasteiger partial charge in [-0.2, -0.15) is 0 Å². The Morgan fingerprint density at radius 3 is 2.93 bits per heavy atom. The van der Waals surface area contributed by atoms with Crippen LogP contribution in [0.15, 0.2) is 18.5 Å². The maximum Gasteiger partial charge on any atom is 0.0537 e. The number of alkyl halides is 1. The Hall–Kier alpha value is -0.760. The van der Waals surface area contributed by atoms with Gasteiger partial charge in [0.15, 0.2) is 0 Å². The number of hydrogen-bond acceptors (Lipinski definition) is 2. The first-order chi connectivity index (χ1) is 7.27. The molecule has 2 atom stereocenters. The molecular formula is C12H17ClN2. The third-order valence-electron chi connectivity index (χ3n) is 3.04. The molecule has 82 valence electrons. The molecule has 15 heavy (non-hydrogen) atoms. The van der Waals surface area contributed by atoms with Crippen LogP contribution in [-0.2, 0) is 0 Å². The molecular weight excluding hydrogens is 208 g/mol. The van der Waals surface area contributed by atoms with E-state index in [1.165, 1.54) is 30.5 Å². The van der Waals surface area contributed by atoms with E-state index in [9.17, 15) is 0 Å². The molecule has 0 radical (unpaired) electrons. The van der Waals surface area contributed by atoms with Crippen molar-refractivity contribution in [2.24, 2.45) is 0 Å². The molecule has 1 aliphatic carbocycles. The lowest BCUT2D eigenvalue weighted by molar-refractivity contribution is 0.469. The molecule has 1 N–H and O–H groups in total. The van der Waals surface area contributed by atoms with Gasteiger partial charge in [-0.25, -0.2) is 0 Å². The van der Waals surface area contributed by atoms with Gasteiger partial charge in [-0.05, 0) is 31.4 Å². The van der Waals surface area contributed by atoms with Gasteiger partial charge in [-0.1, -0.05) is 12.8 Å². The Morgan fingerprint density at radius 1 is 1.40 bits per heavy atom. The van der Waals surface area contributed by atoms with E-state index in [0.717, 1.165) is 6.42 Å². The molecule has 2 rings (SSSR count). The number of anilines is 1. The van der Waals surface area contributed by atoms with Crippen LogP contribution in [0.4, 0.5) is 5.69 Å². The Labute approximate surface area is 96.1 Å². The molecule has 0 aromatic carbocycles. The SMILES string of the molecule is Cc1cnccc1NC1CCCCC1Cl. The number of rotatable bonds is 2. The summed E-state index contributed by atoms with van der Waals surface area (Å²) in [4.78, 5) is 4.08. The van der Waals surface area contributed by atoms with E-state index in [1.807, 2.05) is 18.5 Å². The minimum Gasteiger partial charge on any atom is -0.381 e. The molecule has 1 aromatic heterocycles. The molecule has 0 spiro atoms. The second-order valence-electron chi connectivity index (χ2n) is 4.24. The number of nitrogens with one attached hydrogen (secondary N) is 1. The molecule has 1 fully saturated rings. The van der Waals surface area contributed by atoms with Crippen molar-refractivity contribution in [2.45, 2.75) is 44.0 Å². The Kier molecular flexibility index (Phi) is 3.47. The summed E-state index contributed by atoms with van der Waals surface area (Å²) in [5, 5.41) is 3.80. The zero-order chi connectivity index (χ0) is 10.7. The Morgan fingerprint density at radius 2 is 2.20 bits per heavy atom. The number of aryl methyl sites for hydroxylation is 1. The predicted octanol–water partition coefficient (Wildman–Crippen LogP) is 3.35. The van der Waals surface area contributed by atoms with Crippen molar-refractivity contribution in [2.75, 3.05) is 5.32 Å². The van der Waals surface area contributed by atoms with Crippen LogP contribution in [0.2, 0.25) is 0 Å². The number of hydrogen-bond donors (Lipinski definition) is 1. The average Bonchev–Trinajstić information content (AvgIpc) is 2.24. The zero-order valence-electron chi connectivity index (χ0n) is 9.04. The van der Waals surface area contributed by atoms with Crippen LogP contribution in [0.25, 0.3) is 0 Å². The van der Waals surface area contributed by atoms with Crippen molar-refractivity contribution < 1.29 is 0 Å². The zero-order valence-corrected chi connectivity index (χ0v) is 9.80. The quantitative estimate of drug-likeness (QED) is 0.780. The number of halogens is 1. The predicted molar refractivity (Wildman–Crippen MR) is 64.5 cm³/mol. The summed E-state index contributed by atoms with van der Waals surface area (Å²) in [5.74, 6) is 0. The summed E-state index contributed by atoms with van der Waals surface area (Å²) in [5.41, 5.74) is 2.36. The highest BCUT2D eigenvalue weighted by Gasteiger charge is 2.22. The van der Waals surface area contributed by atoms with Gasteiger partial charge in [0.25, 0.3) is 0 Å². The molecule has 3 heteroatoms. The summed E-state index contributed by atoms with van der Waals surface area (Å²) in [6.45, 7) is 2.07. The molecule has 0 amide bonds. The third-order valence-corrected chi connectivity index (χ3v) is 3.57. The van der Waals surface area contributed by atoms with Crippen molar-refractivity contribution in [3.05, 3.63) is 24.0 Å². The van der Waals surface area contributed by atoms with Crippen molar-refractivity contribution in [3.63, 3.8) is 0 Å². The number of pyridine rings is 1. The maximum absolute atomic E-state index is 6.31. The van der Waals surface area contributed by atoms with Gasteiger partial charge in [0, 0.05) is 24.1 Å². The van der Waals surface area contributed by atoms with Crippen LogP contribution in [0.1, 0.15) is 31.2 Å². The highest BCUT2D eigenvalue weighted by Crippen LogP contribution is 2.26. The van der Waals surface area contributed by atoms with Crippen LogP contribution >= 0.6 is 11.6 Å². The molecule has 1 saturated carbocycles. The van der Waals surface area contributed by atoms with E-state index < -0.39 is 0 Å². The van der Waals surface area contributed by atoms with Crippen molar-refractivity contribution in [1.82, 2.24) is 4.98 Å². The Balaban J connectivity index is 2.04. The lowest BCUT2D eigenvalue weighted by Crippen LogP contribution is -2.33. The van der Waals surface area contributed by atoms with Crippen molar-refractivity contribution in [3.8, 4) is 0 Å². The van der Waals surface area contributed by atoms with Crippen LogP contribution in [-0.4, -0.2) is 16.4 Å². The summed E-state index contributed by atoms with van der Waals surface area (Å²) in [7, 11) is 0. The first-order valence-electron chi connectivity index (χ1n) is 5.58. The van der Waals surface area contributed by atoms with Gasteiger partial charge < -0.3 is 5.32 Å². The van der Waals surface area contributed by atoms with Crippen LogP contribution in [0.5, 0.6) is 0 Å². The van der Waals surface area contributed by atoms with Gasteiger partial charge >= 0.3 is 0 Å². The van der Waals surface area contributed by atoms with Gasteiger partial charge in [-0.15, -0.1) is 11.6 Å². The van der Waals surface area contributed by atoms with Gasteiger partial charge in [0.2, 0.25) is 0 Å². The summed E-state index contributed by atoms with van der Waals surface area (Å²) >= 11 is 6.31. The minimum atomic E-state index is 0.270. The largest absolute Gasteiger partial charge is 0.381 e. The van der Waals surface area contributed by atoms with E-state index in [1.54, 1.807) is 0 Å². The van der Waals surface area contributed by atoms with Crippen molar-refractivity contribution in [1.29, 1.82) is 0 Å². The molecule has 1 aliphatic rings. The fraction of sp³-hybridized carbons (Fsp3) is 0.583. The summed E-state index contributed by atoms with van der Waals surface area (Å²) in [6, 6.07) is 2.44. The molecule has 0 bridgehead atoms. The highest BCUT2D eigenvalue weighted by molar-refractivity contribution is 6.21. The second-order valence-corrected chi connectivity index (χ2v) is 4.80. The maximum atomic E-state index is 6.31. The Bertz CT molecular complexity index is 327. The van der Waals surface area contributed by atoms with Gasteiger partial charge in [0.05, 0.1) is 5.38 Å². The number of aromatic nitrogens is 1. The molecule has 1 aromatic rings. The van der Waals surface area contributed by atoms with E-state index in [2.05, 4.69) is 17.2 Å². The van der Waals surface area contributed by atoms with Crippen LogP contribution in [0.3, 0.4) is 0 Å². The van der Waals surface area contributed by atoms with Gasteiger partial charge in [-0.3, -0.25) is 4.98 Å². The molecule has 0 aliphatic heterocycles. The fourth-order valence-electron chi connectivity index (χ4n) is 2.08. The standard InChI is InChI=1S/C12H17ClN2/c1-9-8-14-7-6-11(9)15-12-5-3-2-4-10(12)13/h6-8,10,12H,2-5H2,1H3,(H,14,15). The van der Waals surface area contributed by atoms with Crippen LogP contribution < -0.4 is 5.32 Å². The highest BCUT2D eigenvalue weighted by atomic mass is 35.5. The third kappa shape index (κ3) is 2.63.